The van der Waals surface area contributed by atoms with Gasteiger partial charge in [-0.05, 0) is 0 Å². The van der Waals surface area contributed by atoms with Crippen molar-refractivity contribution in [2.75, 3.05) is 11.5 Å². The van der Waals surface area contributed by atoms with Crippen molar-refractivity contribution in [1.82, 2.24) is 10.2 Å². The van der Waals surface area contributed by atoms with Crippen molar-refractivity contribution in [3.63, 3.8) is 0 Å². The Hall–Kier alpha value is -1.03. The van der Waals surface area contributed by atoms with Crippen LogP contribution in [-0.2, 0) is 0 Å². The average molecular weight is 147 g/mol. The molecule has 0 fully saturated rings. The number of rotatable bonds is 0. The standard InChI is InChI=1S/C4H6N4.ClH/c5-3-1-4(6)8-7-2-3;/h1-2H,(H4,5,6,8);1H. The Morgan fingerprint density at radius 2 is 2.00 bits per heavy atom. The third-order valence-corrected chi connectivity index (χ3v) is 0.695. The lowest BCUT2D eigenvalue weighted by Gasteiger charge is -1.89. The highest BCUT2D eigenvalue weighted by atomic mass is 35.5. The van der Waals surface area contributed by atoms with Crippen LogP contribution in [0.3, 0.4) is 0 Å². The first-order valence-corrected chi connectivity index (χ1v) is 2.13. The van der Waals surface area contributed by atoms with Crippen LogP contribution in [0.15, 0.2) is 12.3 Å². The van der Waals surface area contributed by atoms with Gasteiger partial charge in [0.1, 0.15) is 5.82 Å². The van der Waals surface area contributed by atoms with E-state index in [1.807, 2.05) is 0 Å². The van der Waals surface area contributed by atoms with E-state index in [9.17, 15) is 0 Å². The monoisotopic (exact) mass is 146 g/mol. The third kappa shape index (κ3) is 2.14. The molecule has 0 aliphatic carbocycles. The molecule has 1 aromatic heterocycles. The number of halogens is 1. The second-order valence-corrected chi connectivity index (χ2v) is 1.41. The van der Waals surface area contributed by atoms with Crippen LogP contribution in [0.5, 0.6) is 0 Å². The van der Waals surface area contributed by atoms with Gasteiger partial charge in [0, 0.05) is 6.07 Å². The van der Waals surface area contributed by atoms with E-state index in [4.69, 9.17) is 11.5 Å². The Balaban J connectivity index is 0.000000640. The summed E-state index contributed by atoms with van der Waals surface area (Å²) in [5, 5.41) is 6.97. The molecule has 4 N–H and O–H groups in total. The largest absolute Gasteiger partial charge is 0.397 e. The van der Waals surface area contributed by atoms with Crippen LogP contribution >= 0.6 is 12.4 Å². The first-order valence-electron chi connectivity index (χ1n) is 2.13. The zero-order valence-corrected chi connectivity index (χ0v) is 5.43. The zero-order chi connectivity index (χ0) is 5.98. The molecule has 0 aliphatic heterocycles. The predicted octanol–water partition coefficient (Wildman–Crippen LogP) is 0.0628. The van der Waals surface area contributed by atoms with Gasteiger partial charge in [0.05, 0.1) is 11.9 Å². The second kappa shape index (κ2) is 3.09. The molecule has 0 unspecified atom stereocenters. The average Bonchev–Trinajstić information content (AvgIpc) is 1.64. The lowest BCUT2D eigenvalue weighted by Crippen LogP contribution is -1.94. The second-order valence-electron chi connectivity index (χ2n) is 1.41. The normalized spacial score (nSPS) is 8.00. The van der Waals surface area contributed by atoms with E-state index in [-0.39, 0.29) is 12.4 Å². The summed E-state index contributed by atoms with van der Waals surface area (Å²) in [5.74, 6) is 0.352. The van der Waals surface area contributed by atoms with Crippen molar-refractivity contribution in [3.05, 3.63) is 12.3 Å². The van der Waals surface area contributed by atoms with E-state index in [1.165, 1.54) is 6.20 Å². The minimum Gasteiger partial charge on any atom is -0.397 e. The molecule has 1 rings (SSSR count). The molecule has 0 saturated carbocycles. The molecule has 1 heterocycles. The number of hydrogen-bond acceptors (Lipinski definition) is 4. The summed E-state index contributed by atoms with van der Waals surface area (Å²) < 4.78 is 0. The van der Waals surface area contributed by atoms with E-state index >= 15 is 0 Å². The van der Waals surface area contributed by atoms with E-state index in [1.54, 1.807) is 6.07 Å². The highest BCUT2D eigenvalue weighted by molar-refractivity contribution is 5.85. The molecule has 9 heavy (non-hydrogen) atoms. The molecule has 4 nitrogen and oxygen atoms in total. The molecule has 0 saturated heterocycles. The van der Waals surface area contributed by atoms with Gasteiger partial charge in [-0.1, -0.05) is 0 Å². The summed E-state index contributed by atoms with van der Waals surface area (Å²) in [6, 6.07) is 1.55. The lowest BCUT2D eigenvalue weighted by molar-refractivity contribution is 1.05. The smallest absolute Gasteiger partial charge is 0.148 e. The van der Waals surface area contributed by atoms with Crippen molar-refractivity contribution in [2.24, 2.45) is 0 Å². The fourth-order valence-corrected chi connectivity index (χ4v) is 0.399. The van der Waals surface area contributed by atoms with Crippen LogP contribution in [0.4, 0.5) is 11.5 Å². The van der Waals surface area contributed by atoms with Crippen LogP contribution in [0.2, 0.25) is 0 Å². The maximum Gasteiger partial charge on any atom is 0.148 e. The van der Waals surface area contributed by atoms with Gasteiger partial charge in [-0.2, -0.15) is 5.10 Å². The number of nitrogen functional groups attached to an aromatic ring is 2. The Morgan fingerprint density at radius 1 is 1.33 bits per heavy atom. The molecule has 5 heteroatoms. The SMILES string of the molecule is Cl.Nc1cnnc(N)c1. The molecule has 50 valence electrons. The molecule has 0 spiro atoms. The van der Waals surface area contributed by atoms with Crippen molar-refractivity contribution >= 4 is 23.9 Å². The van der Waals surface area contributed by atoms with Crippen LogP contribution in [0.1, 0.15) is 0 Å². The fraction of sp³-hybridized carbons (Fsp3) is 0. The summed E-state index contributed by atoms with van der Waals surface area (Å²) in [5.41, 5.74) is 11.0. The summed E-state index contributed by atoms with van der Waals surface area (Å²) in [6.45, 7) is 0. The van der Waals surface area contributed by atoms with Gasteiger partial charge in [0.2, 0.25) is 0 Å². The van der Waals surface area contributed by atoms with Crippen LogP contribution < -0.4 is 11.5 Å². The predicted molar refractivity (Wildman–Crippen MR) is 38.1 cm³/mol. The van der Waals surface area contributed by atoms with Gasteiger partial charge in [-0.25, -0.2) is 0 Å². The van der Waals surface area contributed by atoms with Gasteiger partial charge in [0.15, 0.2) is 0 Å². The Labute approximate surface area is 58.7 Å². The van der Waals surface area contributed by atoms with Crippen molar-refractivity contribution in [1.29, 1.82) is 0 Å². The Morgan fingerprint density at radius 3 is 2.33 bits per heavy atom. The summed E-state index contributed by atoms with van der Waals surface area (Å²) in [7, 11) is 0. The molecule has 0 aromatic carbocycles. The summed E-state index contributed by atoms with van der Waals surface area (Å²) >= 11 is 0. The Kier molecular flexibility index (Phi) is 2.73. The van der Waals surface area contributed by atoms with Crippen molar-refractivity contribution in [3.8, 4) is 0 Å². The van der Waals surface area contributed by atoms with E-state index < -0.39 is 0 Å². The molecule has 0 radical (unpaired) electrons. The first-order chi connectivity index (χ1) is 3.79. The number of anilines is 2. The van der Waals surface area contributed by atoms with Crippen molar-refractivity contribution < 1.29 is 0 Å². The topological polar surface area (TPSA) is 77.8 Å². The molecule has 0 aliphatic rings. The van der Waals surface area contributed by atoms with Gasteiger partial charge in [-0.3, -0.25) is 0 Å². The quantitative estimate of drug-likeness (QED) is 0.543. The minimum atomic E-state index is 0. The lowest BCUT2D eigenvalue weighted by atomic mass is 10.5. The Bertz CT molecular complexity index is 172. The number of nitrogens with zero attached hydrogens (tertiary/aromatic N) is 2. The van der Waals surface area contributed by atoms with Gasteiger partial charge in [0.25, 0.3) is 0 Å². The fourth-order valence-electron chi connectivity index (χ4n) is 0.399. The van der Waals surface area contributed by atoms with Crippen LogP contribution in [0, 0.1) is 0 Å². The third-order valence-electron chi connectivity index (χ3n) is 0.695. The zero-order valence-electron chi connectivity index (χ0n) is 4.61. The summed E-state index contributed by atoms with van der Waals surface area (Å²) in [4.78, 5) is 0. The molecule has 1 aromatic rings. The number of aromatic nitrogens is 2. The van der Waals surface area contributed by atoms with Gasteiger partial charge < -0.3 is 11.5 Å². The van der Waals surface area contributed by atoms with Crippen LogP contribution in [0.25, 0.3) is 0 Å². The van der Waals surface area contributed by atoms with E-state index in [0.717, 1.165) is 0 Å². The summed E-state index contributed by atoms with van der Waals surface area (Å²) in [6.07, 6.45) is 1.44. The molecular weight excluding hydrogens is 140 g/mol. The maximum atomic E-state index is 5.28. The number of nitrogens with two attached hydrogens (primary N) is 2. The first kappa shape index (κ1) is 7.97. The van der Waals surface area contributed by atoms with E-state index in [2.05, 4.69) is 10.2 Å². The van der Waals surface area contributed by atoms with Crippen molar-refractivity contribution in [2.45, 2.75) is 0 Å². The minimum absolute atomic E-state index is 0. The van der Waals surface area contributed by atoms with Gasteiger partial charge >= 0.3 is 0 Å². The molecule has 0 bridgehead atoms. The van der Waals surface area contributed by atoms with Gasteiger partial charge in [-0.15, -0.1) is 17.5 Å². The highest BCUT2D eigenvalue weighted by Crippen LogP contribution is 1.99. The van der Waals surface area contributed by atoms with Crippen LogP contribution in [-0.4, -0.2) is 10.2 Å². The number of hydrogen-bond donors (Lipinski definition) is 2. The molecule has 0 atom stereocenters. The van der Waals surface area contributed by atoms with E-state index in [0.29, 0.717) is 11.5 Å². The highest BCUT2D eigenvalue weighted by Gasteiger charge is 1.84. The molecular formula is C4H7ClN4. The maximum absolute atomic E-state index is 5.28. The molecule has 0 amide bonds.